The Bertz CT molecular complexity index is 311. The van der Waals surface area contributed by atoms with Crippen LogP contribution in [0.15, 0.2) is 4.63 Å². The van der Waals surface area contributed by atoms with Crippen molar-refractivity contribution in [2.24, 2.45) is 0 Å². The average molecular weight is 212 g/mol. The van der Waals surface area contributed by atoms with Gasteiger partial charge >= 0.3 is 0 Å². The number of anilines is 1. The van der Waals surface area contributed by atoms with E-state index in [0.717, 1.165) is 12.8 Å². The predicted octanol–water partition coefficient (Wildman–Crippen LogP) is 0.962. The van der Waals surface area contributed by atoms with Gasteiger partial charge in [-0.2, -0.15) is 0 Å². The summed E-state index contributed by atoms with van der Waals surface area (Å²) in [6, 6.07) is 0. The van der Waals surface area contributed by atoms with Crippen LogP contribution in [-0.2, 0) is 0 Å². The first-order chi connectivity index (χ1) is 7.25. The van der Waals surface area contributed by atoms with Gasteiger partial charge in [0, 0.05) is 6.54 Å². The third-order valence-electron chi connectivity index (χ3n) is 2.04. The monoisotopic (exact) mass is 212 g/mol. The van der Waals surface area contributed by atoms with Crippen molar-refractivity contribution in [1.29, 1.82) is 0 Å². The molecule has 3 N–H and O–H groups in total. The molecule has 6 nitrogen and oxygen atoms in total. The topological polar surface area (TPSA) is 94.0 Å². The lowest BCUT2D eigenvalue weighted by atomic mass is 10.2. The minimum absolute atomic E-state index is 0.0288. The van der Waals surface area contributed by atoms with Crippen LogP contribution in [0, 0.1) is 0 Å². The van der Waals surface area contributed by atoms with E-state index in [1.807, 2.05) is 0 Å². The summed E-state index contributed by atoms with van der Waals surface area (Å²) < 4.78 is 4.33. The van der Waals surface area contributed by atoms with Crippen molar-refractivity contribution in [2.75, 3.05) is 12.3 Å². The number of unbranched alkanes of at least 4 members (excludes halogenated alkanes) is 3. The van der Waals surface area contributed by atoms with Gasteiger partial charge in [-0.1, -0.05) is 26.2 Å². The summed E-state index contributed by atoms with van der Waals surface area (Å²) >= 11 is 0. The second kappa shape index (κ2) is 6.00. The minimum Gasteiger partial charge on any atom is -0.379 e. The molecule has 0 aliphatic heterocycles. The molecule has 1 amide bonds. The van der Waals surface area contributed by atoms with E-state index < -0.39 is 0 Å². The first kappa shape index (κ1) is 11.5. The normalized spacial score (nSPS) is 10.2. The molecule has 15 heavy (non-hydrogen) atoms. The van der Waals surface area contributed by atoms with Crippen LogP contribution in [0.2, 0.25) is 0 Å². The second-order valence-corrected chi connectivity index (χ2v) is 3.31. The molecule has 84 valence electrons. The van der Waals surface area contributed by atoms with Crippen LogP contribution in [0.25, 0.3) is 0 Å². The quantitative estimate of drug-likeness (QED) is 0.685. The number of nitrogens with one attached hydrogen (secondary N) is 1. The van der Waals surface area contributed by atoms with Crippen molar-refractivity contribution in [2.45, 2.75) is 32.6 Å². The van der Waals surface area contributed by atoms with E-state index >= 15 is 0 Å². The van der Waals surface area contributed by atoms with Gasteiger partial charge in [0.15, 0.2) is 0 Å². The molecule has 0 aliphatic carbocycles. The van der Waals surface area contributed by atoms with Crippen LogP contribution in [0.3, 0.4) is 0 Å². The summed E-state index contributed by atoms with van der Waals surface area (Å²) in [6.07, 6.45) is 4.44. The highest BCUT2D eigenvalue weighted by Gasteiger charge is 2.14. The van der Waals surface area contributed by atoms with Gasteiger partial charge in [0.1, 0.15) is 0 Å². The number of nitrogen functional groups attached to an aromatic ring is 1. The van der Waals surface area contributed by atoms with E-state index in [2.05, 4.69) is 27.2 Å². The number of amides is 1. The molecule has 1 rings (SSSR count). The zero-order valence-electron chi connectivity index (χ0n) is 8.82. The predicted molar refractivity (Wildman–Crippen MR) is 55.2 cm³/mol. The van der Waals surface area contributed by atoms with Gasteiger partial charge < -0.3 is 11.1 Å². The largest absolute Gasteiger partial charge is 0.379 e. The molecule has 1 aromatic heterocycles. The lowest BCUT2D eigenvalue weighted by Gasteiger charge is -2.01. The van der Waals surface area contributed by atoms with Gasteiger partial charge in [0.05, 0.1) is 0 Å². The summed E-state index contributed by atoms with van der Waals surface area (Å²) in [5.74, 6) is -0.300. The standard InChI is InChI=1S/C9H16N4O2/c1-2-3-4-5-6-11-9(14)7-8(10)13-15-12-7/h2-6H2,1H3,(H2,10,13)(H,11,14). The Kier molecular flexibility index (Phi) is 4.59. The minimum atomic E-state index is -0.328. The summed E-state index contributed by atoms with van der Waals surface area (Å²) in [6.45, 7) is 2.77. The highest BCUT2D eigenvalue weighted by atomic mass is 16.6. The maximum atomic E-state index is 11.4. The van der Waals surface area contributed by atoms with Crippen molar-refractivity contribution in [3.8, 4) is 0 Å². The van der Waals surface area contributed by atoms with E-state index in [-0.39, 0.29) is 17.4 Å². The van der Waals surface area contributed by atoms with Crippen LogP contribution in [0.4, 0.5) is 5.82 Å². The van der Waals surface area contributed by atoms with E-state index in [0.29, 0.717) is 6.54 Å². The van der Waals surface area contributed by atoms with Crippen LogP contribution in [0.5, 0.6) is 0 Å². The molecular weight excluding hydrogens is 196 g/mol. The molecule has 0 bridgehead atoms. The van der Waals surface area contributed by atoms with Gasteiger partial charge in [-0.3, -0.25) is 4.79 Å². The zero-order chi connectivity index (χ0) is 11.1. The molecule has 0 fully saturated rings. The SMILES string of the molecule is CCCCCCNC(=O)c1nonc1N. The van der Waals surface area contributed by atoms with E-state index in [9.17, 15) is 4.79 Å². The Morgan fingerprint density at radius 2 is 2.20 bits per heavy atom. The Labute approximate surface area is 88.2 Å². The second-order valence-electron chi connectivity index (χ2n) is 3.31. The fraction of sp³-hybridized carbons (Fsp3) is 0.667. The first-order valence-electron chi connectivity index (χ1n) is 5.12. The molecule has 0 radical (unpaired) electrons. The van der Waals surface area contributed by atoms with Crippen LogP contribution in [-0.4, -0.2) is 22.8 Å². The molecule has 1 aromatic rings. The number of aromatic nitrogens is 2. The molecule has 0 spiro atoms. The van der Waals surface area contributed by atoms with Crippen molar-refractivity contribution < 1.29 is 9.42 Å². The molecule has 0 saturated carbocycles. The maximum absolute atomic E-state index is 11.4. The number of nitrogens with two attached hydrogens (primary N) is 1. The van der Waals surface area contributed by atoms with Crippen LogP contribution >= 0.6 is 0 Å². The molecule has 0 unspecified atom stereocenters. The van der Waals surface area contributed by atoms with E-state index in [1.165, 1.54) is 12.8 Å². The van der Waals surface area contributed by atoms with Gasteiger partial charge in [-0.15, -0.1) is 0 Å². The Morgan fingerprint density at radius 1 is 1.40 bits per heavy atom. The average Bonchev–Trinajstić information content (AvgIpc) is 2.64. The summed E-state index contributed by atoms with van der Waals surface area (Å²) in [5, 5.41) is 9.44. The number of hydrogen-bond acceptors (Lipinski definition) is 5. The van der Waals surface area contributed by atoms with E-state index in [1.54, 1.807) is 0 Å². The number of hydrogen-bond donors (Lipinski definition) is 2. The lowest BCUT2D eigenvalue weighted by molar-refractivity contribution is 0.0943. The Hall–Kier alpha value is -1.59. The molecule has 0 saturated heterocycles. The summed E-state index contributed by atoms with van der Waals surface area (Å²) in [4.78, 5) is 11.4. The smallest absolute Gasteiger partial charge is 0.277 e. The highest BCUT2D eigenvalue weighted by Crippen LogP contribution is 2.03. The van der Waals surface area contributed by atoms with Gasteiger partial charge in [-0.05, 0) is 16.7 Å². The molecule has 6 heteroatoms. The molecule has 1 heterocycles. The van der Waals surface area contributed by atoms with Gasteiger partial charge in [0.2, 0.25) is 11.5 Å². The third-order valence-corrected chi connectivity index (χ3v) is 2.04. The zero-order valence-corrected chi connectivity index (χ0v) is 8.82. The maximum Gasteiger partial charge on any atom is 0.277 e. The van der Waals surface area contributed by atoms with Gasteiger partial charge in [-0.25, -0.2) is 4.63 Å². The Morgan fingerprint density at radius 3 is 2.80 bits per heavy atom. The lowest BCUT2D eigenvalue weighted by Crippen LogP contribution is -2.25. The third kappa shape index (κ3) is 3.57. The van der Waals surface area contributed by atoms with Crippen molar-refractivity contribution in [1.82, 2.24) is 15.6 Å². The summed E-state index contributed by atoms with van der Waals surface area (Å²) in [5.41, 5.74) is 5.43. The van der Waals surface area contributed by atoms with Crippen LogP contribution < -0.4 is 11.1 Å². The fourth-order valence-corrected chi connectivity index (χ4v) is 1.19. The van der Waals surface area contributed by atoms with Crippen LogP contribution in [0.1, 0.15) is 43.1 Å². The number of carbonyl (C=O) groups excluding carboxylic acids is 1. The number of rotatable bonds is 6. The first-order valence-corrected chi connectivity index (χ1v) is 5.12. The fourth-order valence-electron chi connectivity index (χ4n) is 1.19. The highest BCUT2D eigenvalue weighted by molar-refractivity contribution is 5.95. The van der Waals surface area contributed by atoms with Crippen molar-refractivity contribution in [3.05, 3.63) is 5.69 Å². The Balaban J connectivity index is 2.22. The molecule has 0 aliphatic rings. The molecule has 0 aromatic carbocycles. The molecular formula is C9H16N4O2. The van der Waals surface area contributed by atoms with Gasteiger partial charge in [0.25, 0.3) is 5.91 Å². The number of nitrogens with zero attached hydrogens (tertiary/aromatic N) is 2. The van der Waals surface area contributed by atoms with Crippen molar-refractivity contribution >= 4 is 11.7 Å². The number of carbonyl (C=O) groups is 1. The summed E-state index contributed by atoms with van der Waals surface area (Å²) in [7, 11) is 0. The van der Waals surface area contributed by atoms with Crippen molar-refractivity contribution in [3.63, 3.8) is 0 Å². The van der Waals surface area contributed by atoms with E-state index in [4.69, 9.17) is 5.73 Å². The molecule has 0 atom stereocenters.